The Morgan fingerprint density at radius 3 is 2.47 bits per heavy atom. The molecular weight excluding hydrogens is 244 g/mol. The van der Waals surface area contributed by atoms with Crippen molar-refractivity contribution in [1.82, 2.24) is 10.2 Å². The van der Waals surface area contributed by atoms with Crippen molar-refractivity contribution in [3.63, 3.8) is 0 Å². The molecule has 2 N–H and O–H groups in total. The first-order valence-electron chi connectivity index (χ1n) is 6.04. The second-order valence-electron chi connectivity index (χ2n) is 4.57. The van der Waals surface area contributed by atoms with Gasteiger partial charge < -0.3 is 9.84 Å². The Morgan fingerprint density at radius 1 is 1.32 bits per heavy atom. The van der Waals surface area contributed by atoms with E-state index < -0.39 is 5.97 Å². The molecule has 1 aromatic heterocycles. The number of H-pyrrole nitrogens is 1. The topological polar surface area (TPSA) is 75.2 Å². The van der Waals surface area contributed by atoms with E-state index >= 15 is 0 Å². The van der Waals surface area contributed by atoms with E-state index in [4.69, 9.17) is 4.74 Å². The zero-order chi connectivity index (χ0) is 14.0. The highest BCUT2D eigenvalue weighted by molar-refractivity contribution is 5.96. The van der Waals surface area contributed by atoms with Gasteiger partial charge in [-0.3, -0.25) is 5.10 Å². The Bertz CT molecular complexity index is 585. The molecule has 0 saturated carbocycles. The van der Waals surface area contributed by atoms with Crippen molar-refractivity contribution in [2.45, 2.75) is 26.9 Å². The summed E-state index contributed by atoms with van der Waals surface area (Å²) in [5.74, 6) is -0.230. The molecule has 0 bridgehead atoms. The number of carboxylic acid groups (broad SMARTS) is 1. The number of carboxylic acids is 1. The number of ether oxygens (including phenoxy) is 1. The van der Waals surface area contributed by atoms with Crippen molar-refractivity contribution in [3.8, 4) is 17.0 Å². The molecule has 0 aliphatic carbocycles. The average molecular weight is 260 g/mol. The van der Waals surface area contributed by atoms with Crippen molar-refractivity contribution < 1.29 is 14.6 Å². The number of hydrogen-bond donors (Lipinski definition) is 2. The van der Waals surface area contributed by atoms with Gasteiger partial charge in [0, 0.05) is 11.3 Å². The number of nitrogens with zero attached hydrogens (tertiary/aromatic N) is 1. The van der Waals surface area contributed by atoms with Crippen LogP contribution in [0.3, 0.4) is 0 Å². The lowest BCUT2D eigenvalue weighted by atomic mass is 10.1. The third kappa shape index (κ3) is 2.76. The summed E-state index contributed by atoms with van der Waals surface area (Å²) >= 11 is 0. The maximum absolute atomic E-state index is 11.2. The highest BCUT2D eigenvalue weighted by Gasteiger charge is 2.18. The van der Waals surface area contributed by atoms with Crippen molar-refractivity contribution in [3.05, 3.63) is 35.5 Å². The Hall–Kier alpha value is -2.30. The molecule has 2 rings (SSSR count). The Morgan fingerprint density at radius 2 is 1.95 bits per heavy atom. The van der Waals surface area contributed by atoms with Crippen molar-refractivity contribution in [2.24, 2.45) is 0 Å². The number of carbonyl (C=O) groups is 1. The molecule has 0 amide bonds. The molecule has 1 heterocycles. The SMILES string of the molecule is Cc1[nH]nc(-c2ccc(OC(C)C)cc2)c1C(=O)O. The van der Waals surface area contributed by atoms with E-state index in [9.17, 15) is 9.90 Å². The van der Waals surface area contributed by atoms with E-state index in [-0.39, 0.29) is 11.7 Å². The van der Waals surface area contributed by atoms with Gasteiger partial charge in [-0.25, -0.2) is 4.79 Å². The predicted octanol–water partition coefficient (Wildman–Crippen LogP) is 2.87. The summed E-state index contributed by atoms with van der Waals surface area (Å²) in [6.45, 7) is 5.59. The number of aromatic amines is 1. The minimum absolute atomic E-state index is 0.105. The number of aromatic carboxylic acids is 1. The highest BCUT2D eigenvalue weighted by Crippen LogP contribution is 2.25. The highest BCUT2D eigenvalue weighted by atomic mass is 16.5. The lowest BCUT2D eigenvalue weighted by molar-refractivity contribution is 0.0697. The van der Waals surface area contributed by atoms with Crippen LogP contribution in [0.4, 0.5) is 0 Å². The molecule has 5 nitrogen and oxygen atoms in total. The van der Waals surface area contributed by atoms with Crippen LogP contribution in [-0.4, -0.2) is 27.4 Å². The summed E-state index contributed by atoms with van der Waals surface area (Å²) < 4.78 is 5.54. The summed E-state index contributed by atoms with van der Waals surface area (Å²) in [5.41, 5.74) is 1.95. The van der Waals surface area contributed by atoms with Gasteiger partial charge in [0.15, 0.2) is 0 Å². The summed E-state index contributed by atoms with van der Waals surface area (Å²) in [7, 11) is 0. The van der Waals surface area contributed by atoms with Crippen LogP contribution in [-0.2, 0) is 0 Å². The molecule has 0 fully saturated rings. The molecule has 0 unspecified atom stereocenters. The van der Waals surface area contributed by atoms with E-state index in [0.717, 1.165) is 11.3 Å². The van der Waals surface area contributed by atoms with Gasteiger partial charge in [0.05, 0.1) is 6.10 Å². The smallest absolute Gasteiger partial charge is 0.339 e. The molecule has 2 aromatic rings. The van der Waals surface area contributed by atoms with Gasteiger partial charge in [0.1, 0.15) is 17.0 Å². The lowest BCUT2D eigenvalue weighted by Gasteiger charge is -2.09. The fourth-order valence-electron chi connectivity index (χ4n) is 1.86. The molecule has 0 saturated heterocycles. The summed E-state index contributed by atoms with van der Waals surface area (Å²) in [6.07, 6.45) is 0.105. The normalized spacial score (nSPS) is 10.7. The third-order valence-corrected chi connectivity index (χ3v) is 2.66. The molecule has 5 heteroatoms. The molecule has 0 atom stereocenters. The average Bonchev–Trinajstić information content (AvgIpc) is 2.71. The Kier molecular flexibility index (Phi) is 3.55. The zero-order valence-electron chi connectivity index (χ0n) is 11.1. The summed E-state index contributed by atoms with van der Waals surface area (Å²) in [5, 5.41) is 15.9. The molecule has 0 spiro atoms. The minimum Gasteiger partial charge on any atom is -0.491 e. The Balaban J connectivity index is 2.35. The molecule has 1 aromatic carbocycles. The van der Waals surface area contributed by atoms with E-state index in [2.05, 4.69) is 10.2 Å². The summed E-state index contributed by atoms with van der Waals surface area (Å²) in [4.78, 5) is 11.2. The Labute approximate surface area is 111 Å². The monoisotopic (exact) mass is 260 g/mol. The summed E-state index contributed by atoms with van der Waals surface area (Å²) in [6, 6.07) is 7.23. The van der Waals surface area contributed by atoms with E-state index in [0.29, 0.717) is 11.4 Å². The fourth-order valence-corrected chi connectivity index (χ4v) is 1.86. The molecule has 0 aliphatic heterocycles. The van der Waals surface area contributed by atoms with Crippen LogP contribution in [0.15, 0.2) is 24.3 Å². The zero-order valence-corrected chi connectivity index (χ0v) is 11.1. The van der Waals surface area contributed by atoms with Gasteiger partial charge in [-0.15, -0.1) is 0 Å². The van der Waals surface area contributed by atoms with Crippen molar-refractivity contribution in [1.29, 1.82) is 0 Å². The fraction of sp³-hybridized carbons (Fsp3) is 0.286. The second-order valence-corrected chi connectivity index (χ2v) is 4.57. The largest absolute Gasteiger partial charge is 0.491 e. The minimum atomic E-state index is -0.983. The van der Waals surface area contributed by atoms with E-state index in [1.54, 1.807) is 19.1 Å². The molecule has 0 aliphatic rings. The van der Waals surface area contributed by atoms with Crippen LogP contribution in [0.5, 0.6) is 5.75 Å². The van der Waals surface area contributed by atoms with Gasteiger partial charge in [0.25, 0.3) is 0 Å². The van der Waals surface area contributed by atoms with Crippen LogP contribution in [0, 0.1) is 6.92 Å². The number of hydrogen-bond acceptors (Lipinski definition) is 3. The van der Waals surface area contributed by atoms with Gasteiger partial charge in [0.2, 0.25) is 0 Å². The maximum atomic E-state index is 11.2. The second kappa shape index (κ2) is 5.14. The van der Waals surface area contributed by atoms with Crippen LogP contribution in [0.2, 0.25) is 0 Å². The first kappa shape index (κ1) is 13.1. The first-order valence-corrected chi connectivity index (χ1v) is 6.04. The third-order valence-electron chi connectivity index (χ3n) is 2.66. The number of rotatable bonds is 4. The van der Waals surface area contributed by atoms with Crippen LogP contribution in [0.25, 0.3) is 11.3 Å². The molecular formula is C14H16N2O3. The van der Waals surface area contributed by atoms with E-state index in [1.807, 2.05) is 26.0 Å². The molecule has 0 radical (unpaired) electrons. The number of aromatic nitrogens is 2. The standard InChI is InChI=1S/C14H16N2O3/c1-8(2)19-11-6-4-10(5-7-11)13-12(14(17)18)9(3)15-16-13/h4-8H,1-3H3,(H,15,16)(H,17,18). The number of benzene rings is 1. The van der Waals surface area contributed by atoms with Gasteiger partial charge in [-0.1, -0.05) is 0 Å². The molecule has 100 valence electrons. The van der Waals surface area contributed by atoms with Crippen LogP contribution >= 0.6 is 0 Å². The maximum Gasteiger partial charge on any atom is 0.339 e. The first-order chi connectivity index (χ1) is 8.99. The molecule has 19 heavy (non-hydrogen) atoms. The van der Waals surface area contributed by atoms with Gasteiger partial charge >= 0.3 is 5.97 Å². The van der Waals surface area contributed by atoms with Crippen LogP contribution in [0.1, 0.15) is 29.9 Å². The quantitative estimate of drug-likeness (QED) is 0.886. The van der Waals surface area contributed by atoms with Crippen molar-refractivity contribution in [2.75, 3.05) is 0 Å². The number of nitrogens with one attached hydrogen (secondary N) is 1. The van der Waals surface area contributed by atoms with Crippen LogP contribution < -0.4 is 4.74 Å². The predicted molar refractivity (Wildman–Crippen MR) is 71.5 cm³/mol. The lowest BCUT2D eigenvalue weighted by Crippen LogP contribution is -2.05. The van der Waals surface area contributed by atoms with Crippen molar-refractivity contribution >= 4 is 5.97 Å². The van der Waals surface area contributed by atoms with Gasteiger partial charge in [-0.2, -0.15) is 5.10 Å². The number of aryl methyl sites for hydroxylation is 1. The van der Waals surface area contributed by atoms with E-state index in [1.165, 1.54) is 0 Å². The van der Waals surface area contributed by atoms with Gasteiger partial charge in [-0.05, 0) is 45.0 Å².